The molecule has 1 fully saturated rings. The van der Waals surface area contributed by atoms with E-state index in [9.17, 15) is 4.79 Å². The zero-order valence-electron chi connectivity index (χ0n) is 16.3. The number of nitrogens with one attached hydrogen (secondary N) is 1. The van der Waals surface area contributed by atoms with E-state index in [0.717, 1.165) is 44.0 Å². The van der Waals surface area contributed by atoms with E-state index in [1.54, 1.807) is 12.4 Å². The first-order valence-corrected chi connectivity index (χ1v) is 9.84. The number of hydrogen-bond donors (Lipinski definition) is 1. The first-order valence-electron chi connectivity index (χ1n) is 9.84. The van der Waals surface area contributed by atoms with Crippen LogP contribution in [0.3, 0.4) is 0 Å². The summed E-state index contributed by atoms with van der Waals surface area (Å²) >= 11 is 0. The van der Waals surface area contributed by atoms with Crippen molar-refractivity contribution >= 4 is 28.1 Å². The van der Waals surface area contributed by atoms with E-state index < -0.39 is 0 Å². The molecule has 0 aliphatic carbocycles. The lowest BCUT2D eigenvalue weighted by Crippen LogP contribution is -2.44. The number of benzene rings is 2. The largest absolute Gasteiger partial charge is 0.367 e. The number of anilines is 2. The second-order valence-electron chi connectivity index (χ2n) is 7.41. The van der Waals surface area contributed by atoms with Crippen molar-refractivity contribution in [3.05, 3.63) is 66.5 Å². The topological polar surface area (TPSA) is 48.5 Å². The second-order valence-corrected chi connectivity index (χ2v) is 7.41. The summed E-state index contributed by atoms with van der Waals surface area (Å²) in [6.07, 6.45) is 4.72. The summed E-state index contributed by atoms with van der Waals surface area (Å²) in [7, 11) is 2.14. The van der Waals surface area contributed by atoms with Crippen LogP contribution in [0.15, 0.2) is 60.9 Å². The second kappa shape index (κ2) is 8.40. The van der Waals surface area contributed by atoms with Crippen LogP contribution in [0.1, 0.15) is 12.0 Å². The standard InChI is InChI=1S/C23H26N4O/c1-26-12-14-27(15-13-26)22-10-11-24-17-21(22)25-23(28)9-7-18-6-8-19-4-2-3-5-20(19)16-18/h2-6,8,10-11,16-17H,7,9,12-15H2,1H3,(H,25,28). The van der Waals surface area contributed by atoms with Crippen molar-refractivity contribution in [3.63, 3.8) is 0 Å². The fourth-order valence-electron chi connectivity index (χ4n) is 3.67. The first kappa shape index (κ1) is 18.4. The third-order valence-corrected chi connectivity index (χ3v) is 5.37. The van der Waals surface area contributed by atoms with Crippen LogP contribution in [0.2, 0.25) is 0 Å². The van der Waals surface area contributed by atoms with Gasteiger partial charge in [0.1, 0.15) is 0 Å². The van der Waals surface area contributed by atoms with Crippen LogP contribution in [-0.4, -0.2) is 49.0 Å². The SMILES string of the molecule is CN1CCN(c2ccncc2NC(=O)CCc2ccc3ccccc3c2)CC1. The van der Waals surface area contributed by atoms with Crippen LogP contribution in [0, 0.1) is 0 Å². The molecule has 1 saturated heterocycles. The van der Waals surface area contributed by atoms with Crippen molar-refractivity contribution in [2.24, 2.45) is 0 Å². The molecule has 1 amide bonds. The highest BCUT2D eigenvalue weighted by Gasteiger charge is 2.18. The molecule has 5 nitrogen and oxygen atoms in total. The van der Waals surface area contributed by atoms with Gasteiger partial charge in [0.15, 0.2) is 0 Å². The molecule has 2 aromatic carbocycles. The first-order chi connectivity index (χ1) is 13.7. The molecule has 0 bridgehead atoms. The van der Waals surface area contributed by atoms with Gasteiger partial charge in [-0.15, -0.1) is 0 Å². The van der Waals surface area contributed by atoms with Gasteiger partial charge in [-0.3, -0.25) is 9.78 Å². The van der Waals surface area contributed by atoms with Crippen molar-refractivity contribution in [1.29, 1.82) is 0 Å². The maximum Gasteiger partial charge on any atom is 0.224 e. The maximum absolute atomic E-state index is 12.6. The molecule has 4 rings (SSSR count). The summed E-state index contributed by atoms with van der Waals surface area (Å²) in [5, 5.41) is 5.51. The number of rotatable bonds is 5. The summed E-state index contributed by atoms with van der Waals surface area (Å²) in [6.45, 7) is 3.97. The predicted molar refractivity (Wildman–Crippen MR) is 115 cm³/mol. The highest BCUT2D eigenvalue weighted by molar-refractivity contribution is 5.94. The minimum absolute atomic E-state index is 0.0246. The number of carbonyl (C=O) groups excluding carboxylic acids is 1. The normalized spacial score (nSPS) is 15.0. The zero-order valence-corrected chi connectivity index (χ0v) is 16.3. The van der Waals surface area contributed by atoms with E-state index in [2.05, 4.69) is 57.5 Å². The Morgan fingerprint density at radius 2 is 1.82 bits per heavy atom. The number of likely N-dealkylation sites (N-methyl/N-ethyl adjacent to an activating group) is 1. The Morgan fingerprint density at radius 3 is 2.64 bits per heavy atom. The molecule has 0 unspecified atom stereocenters. The van der Waals surface area contributed by atoms with Crippen molar-refractivity contribution in [3.8, 4) is 0 Å². The molecule has 0 spiro atoms. The Kier molecular flexibility index (Phi) is 5.53. The monoisotopic (exact) mass is 374 g/mol. The Balaban J connectivity index is 1.39. The van der Waals surface area contributed by atoms with Crippen molar-refractivity contribution in [1.82, 2.24) is 9.88 Å². The van der Waals surface area contributed by atoms with Gasteiger partial charge < -0.3 is 15.1 Å². The molecule has 1 N–H and O–H groups in total. The molecule has 2 heterocycles. The number of fused-ring (bicyclic) bond motifs is 1. The van der Waals surface area contributed by atoms with Gasteiger partial charge in [-0.2, -0.15) is 0 Å². The molecule has 1 aromatic heterocycles. The van der Waals surface area contributed by atoms with E-state index in [0.29, 0.717) is 6.42 Å². The zero-order chi connectivity index (χ0) is 19.3. The number of pyridine rings is 1. The highest BCUT2D eigenvalue weighted by atomic mass is 16.1. The third kappa shape index (κ3) is 4.31. The number of nitrogens with zero attached hydrogens (tertiary/aromatic N) is 3. The van der Waals surface area contributed by atoms with E-state index >= 15 is 0 Å². The fraction of sp³-hybridized carbons (Fsp3) is 0.304. The fourth-order valence-corrected chi connectivity index (χ4v) is 3.67. The molecule has 0 atom stereocenters. The lowest BCUT2D eigenvalue weighted by atomic mass is 10.0. The van der Waals surface area contributed by atoms with Crippen molar-refractivity contribution in [2.75, 3.05) is 43.4 Å². The van der Waals surface area contributed by atoms with Crippen molar-refractivity contribution < 1.29 is 4.79 Å². The van der Waals surface area contributed by atoms with Gasteiger partial charge in [-0.05, 0) is 35.9 Å². The number of carbonyl (C=O) groups is 1. The van der Waals surface area contributed by atoms with Crippen LogP contribution in [0.4, 0.5) is 11.4 Å². The lowest BCUT2D eigenvalue weighted by Gasteiger charge is -2.34. The molecule has 28 heavy (non-hydrogen) atoms. The summed E-state index contributed by atoms with van der Waals surface area (Å²) < 4.78 is 0. The minimum Gasteiger partial charge on any atom is -0.367 e. The van der Waals surface area contributed by atoms with Gasteiger partial charge in [-0.25, -0.2) is 0 Å². The third-order valence-electron chi connectivity index (χ3n) is 5.37. The Hall–Kier alpha value is -2.92. The van der Waals surface area contributed by atoms with E-state index in [4.69, 9.17) is 0 Å². The molecule has 1 aliphatic rings. The van der Waals surface area contributed by atoms with Crippen LogP contribution >= 0.6 is 0 Å². The number of piperazine rings is 1. The molecular formula is C23H26N4O. The number of hydrogen-bond acceptors (Lipinski definition) is 4. The summed E-state index contributed by atoms with van der Waals surface area (Å²) in [5.74, 6) is 0.0246. The summed E-state index contributed by atoms with van der Waals surface area (Å²) in [6, 6.07) is 16.7. The van der Waals surface area contributed by atoms with E-state index in [-0.39, 0.29) is 5.91 Å². The number of aromatic nitrogens is 1. The lowest BCUT2D eigenvalue weighted by molar-refractivity contribution is -0.116. The molecular weight excluding hydrogens is 348 g/mol. The van der Waals surface area contributed by atoms with Crippen LogP contribution in [0.5, 0.6) is 0 Å². The van der Waals surface area contributed by atoms with Crippen LogP contribution in [-0.2, 0) is 11.2 Å². The van der Waals surface area contributed by atoms with Gasteiger partial charge >= 0.3 is 0 Å². The Bertz CT molecular complexity index is 963. The Labute approximate surface area is 166 Å². The highest BCUT2D eigenvalue weighted by Crippen LogP contribution is 2.26. The average Bonchev–Trinajstić information content (AvgIpc) is 2.73. The number of aryl methyl sites for hydroxylation is 1. The van der Waals surface area contributed by atoms with E-state index in [1.807, 2.05) is 18.2 Å². The minimum atomic E-state index is 0.0246. The van der Waals surface area contributed by atoms with Gasteiger partial charge in [0, 0.05) is 38.8 Å². The molecule has 1 aliphatic heterocycles. The van der Waals surface area contributed by atoms with Gasteiger partial charge in [0.2, 0.25) is 5.91 Å². The summed E-state index contributed by atoms with van der Waals surface area (Å²) in [4.78, 5) is 21.4. The van der Waals surface area contributed by atoms with E-state index in [1.165, 1.54) is 16.3 Å². The smallest absolute Gasteiger partial charge is 0.224 e. The van der Waals surface area contributed by atoms with Gasteiger partial charge in [0.25, 0.3) is 0 Å². The quantitative estimate of drug-likeness (QED) is 0.742. The van der Waals surface area contributed by atoms with Crippen molar-refractivity contribution in [2.45, 2.75) is 12.8 Å². The number of amides is 1. The van der Waals surface area contributed by atoms with Crippen LogP contribution < -0.4 is 10.2 Å². The molecule has 3 aromatic rings. The average molecular weight is 374 g/mol. The Morgan fingerprint density at radius 1 is 1.04 bits per heavy atom. The maximum atomic E-state index is 12.6. The van der Waals surface area contributed by atoms with Gasteiger partial charge in [-0.1, -0.05) is 42.5 Å². The van der Waals surface area contributed by atoms with Crippen LogP contribution in [0.25, 0.3) is 10.8 Å². The molecule has 0 saturated carbocycles. The summed E-state index contributed by atoms with van der Waals surface area (Å²) in [5.41, 5.74) is 3.04. The van der Waals surface area contributed by atoms with Gasteiger partial charge in [0.05, 0.1) is 17.6 Å². The molecule has 5 heteroatoms. The molecule has 144 valence electrons. The molecule has 0 radical (unpaired) electrons. The predicted octanol–water partition coefficient (Wildman–Crippen LogP) is 3.56.